The van der Waals surface area contributed by atoms with E-state index in [4.69, 9.17) is 0 Å². The summed E-state index contributed by atoms with van der Waals surface area (Å²) >= 11 is 3.31. The number of carbonyl (C=O) groups excluding carboxylic acids is 2. The molecule has 0 spiro atoms. The fourth-order valence-electron chi connectivity index (χ4n) is 1.69. The van der Waals surface area contributed by atoms with Crippen molar-refractivity contribution in [2.45, 2.75) is 6.42 Å². The maximum absolute atomic E-state index is 11.6. The highest BCUT2D eigenvalue weighted by Gasteiger charge is 2.34. The van der Waals surface area contributed by atoms with Gasteiger partial charge in [-0.1, -0.05) is 28.1 Å². The van der Waals surface area contributed by atoms with Crippen LogP contribution >= 0.6 is 15.9 Å². The first-order valence-corrected chi connectivity index (χ1v) is 5.89. The maximum Gasteiger partial charge on any atom is 0.299 e. The van der Waals surface area contributed by atoms with E-state index in [0.717, 1.165) is 17.4 Å². The molecule has 0 atom stereocenters. The minimum absolute atomic E-state index is 0.389. The number of hydrogen-bond donors (Lipinski definition) is 0. The van der Waals surface area contributed by atoms with Crippen molar-refractivity contribution >= 4 is 33.3 Å². The molecule has 0 saturated carbocycles. The highest BCUT2D eigenvalue weighted by molar-refractivity contribution is 9.09. The van der Waals surface area contributed by atoms with Gasteiger partial charge in [-0.05, 0) is 18.6 Å². The van der Waals surface area contributed by atoms with Gasteiger partial charge in [0.1, 0.15) is 0 Å². The quantitative estimate of drug-likeness (QED) is 0.621. The molecule has 0 N–H and O–H groups in total. The molecule has 0 unspecified atom stereocenters. The van der Waals surface area contributed by atoms with Crippen molar-refractivity contribution in [3.8, 4) is 0 Å². The summed E-state index contributed by atoms with van der Waals surface area (Å²) in [6.07, 6.45) is 0.841. The highest BCUT2D eigenvalue weighted by atomic mass is 79.9. The van der Waals surface area contributed by atoms with E-state index in [0.29, 0.717) is 12.1 Å². The van der Waals surface area contributed by atoms with Crippen LogP contribution in [-0.4, -0.2) is 23.6 Å². The number of halogens is 1. The number of alkyl halides is 1. The number of ketones is 1. The van der Waals surface area contributed by atoms with Gasteiger partial charge in [0.2, 0.25) is 0 Å². The molecule has 0 fully saturated rings. The molecular weight excluding hydrogens is 258 g/mol. The third-order valence-electron chi connectivity index (χ3n) is 2.39. The van der Waals surface area contributed by atoms with Crippen LogP contribution in [0.15, 0.2) is 24.3 Å². The SMILES string of the molecule is O=C1C(=O)N(CCCBr)c2ccccc21. The summed E-state index contributed by atoms with van der Waals surface area (Å²) in [7, 11) is 0. The predicted molar refractivity (Wildman–Crippen MR) is 61.5 cm³/mol. The summed E-state index contributed by atoms with van der Waals surface area (Å²) in [6, 6.07) is 7.12. The normalized spacial score (nSPS) is 14.6. The number of rotatable bonds is 3. The van der Waals surface area contributed by atoms with Crippen molar-refractivity contribution in [1.82, 2.24) is 0 Å². The molecule has 0 aliphatic carbocycles. The van der Waals surface area contributed by atoms with Gasteiger partial charge >= 0.3 is 0 Å². The van der Waals surface area contributed by atoms with Crippen LogP contribution < -0.4 is 4.90 Å². The molecule has 1 aromatic carbocycles. The number of anilines is 1. The molecule has 1 heterocycles. The molecule has 0 radical (unpaired) electrons. The Labute approximate surface area is 96.2 Å². The van der Waals surface area contributed by atoms with Crippen LogP contribution in [0.4, 0.5) is 5.69 Å². The van der Waals surface area contributed by atoms with Gasteiger partial charge in [-0.25, -0.2) is 0 Å². The molecule has 0 saturated heterocycles. The van der Waals surface area contributed by atoms with E-state index >= 15 is 0 Å². The lowest BCUT2D eigenvalue weighted by molar-refractivity contribution is -0.114. The third-order valence-corrected chi connectivity index (χ3v) is 2.95. The molecule has 1 aliphatic rings. The molecule has 1 amide bonds. The predicted octanol–water partition coefficient (Wildman–Crippen LogP) is 2.00. The first-order chi connectivity index (χ1) is 7.25. The van der Waals surface area contributed by atoms with Crippen LogP contribution in [-0.2, 0) is 4.79 Å². The van der Waals surface area contributed by atoms with E-state index in [-0.39, 0.29) is 5.78 Å². The zero-order valence-corrected chi connectivity index (χ0v) is 9.66. The fourth-order valence-corrected chi connectivity index (χ4v) is 1.94. The largest absolute Gasteiger partial charge is 0.305 e. The molecule has 2 rings (SSSR count). The number of nitrogens with zero attached hydrogens (tertiary/aromatic N) is 1. The summed E-state index contributed by atoms with van der Waals surface area (Å²) < 4.78 is 0. The van der Waals surface area contributed by atoms with E-state index in [1.165, 1.54) is 0 Å². The minimum atomic E-state index is -0.405. The van der Waals surface area contributed by atoms with E-state index < -0.39 is 5.91 Å². The lowest BCUT2D eigenvalue weighted by Crippen LogP contribution is -2.30. The van der Waals surface area contributed by atoms with Crippen molar-refractivity contribution in [3.63, 3.8) is 0 Å². The Hall–Kier alpha value is -1.16. The van der Waals surface area contributed by atoms with Gasteiger partial charge in [0.25, 0.3) is 11.7 Å². The van der Waals surface area contributed by atoms with Gasteiger partial charge in [0.15, 0.2) is 0 Å². The number of para-hydroxylation sites is 1. The first-order valence-electron chi connectivity index (χ1n) is 4.77. The van der Waals surface area contributed by atoms with Crippen molar-refractivity contribution in [3.05, 3.63) is 29.8 Å². The molecule has 1 aromatic rings. The van der Waals surface area contributed by atoms with Crippen LogP contribution in [0, 0.1) is 0 Å². The summed E-state index contributed by atoms with van der Waals surface area (Å²) in [6.45, 7) is 0.590. The Balaban J connectivity index is 2.34. The van der Waals surface area contributed by atoms with Crippen LogP contribution in [0.3, 0.4) is 0 Å². The second-order valence-corrected chi connectivity index (χ2v) is 4.14. The second-order valence-electron chi connectivity index (χ2n) is 3.35. The molecule has 3 nitrogen and oxygen atoms in total. The van der Waals surface area contributed by atoms with E-state index in [2.05, 4.69) is 15.9 Å². The lowest BCUT2D eigenvalue weighted by atomic mass is 10.1. The Kier molecular flexibility index (Phi) is 2.86. The van der Waals surface area contributed by atoms with Crippen LogP contribution in [0.25, 0.3) is 0 Å². The van der Waals surface area contributed by atoms with E-state index in [1.54, 1.807) is 17.0 Å². The zero-order chi connectivity index (χ0) is 10.8. The van der Waals surface area contributed by atoms with Gasteiger partial charge in [-0.15, -0.1) is 0 Å². The Morgan fingerprint density at radius 3 is 2.67 bits per heavy atom. The number of carbonyl (C=O) groups is 2. The number of fused-ring (bicyclic) bond motifs is 1. The number of Topliss-reactive ketones (excluding diaryl/α,β-unsaturated/α-hetero) is 1. The highest BCUT2D eigenvalue weighted by Crippen LogP contribution is 2.28. The van der Waals surface area contributed by atoms with Crippen molar-refractivity contribution in [2.75, 3.05) is 16.8 Å². The van der Waals surface area contributed by atoms with Crippen LogP contribution in [0.5, 0.6) is 0 Å². The number of amides is 1. The second kappa shape index (κ2) is 4.14. The summed E-state index contributed by atoms with van der Waals surface area (Å²) in [5.41, 5.74) is 1.27. The van der Waals surface area contributed by atoms with Crippen molar-refractivity contribution in [1.29, 1.82) is 0 Å². The molecule has 1 aliphatic heterocycles. The summed E-state index contributed by atoms with van der Waals surface area (Å²) in [5.74, 6) is -0.794. The number of hydrogen-bond acceptors (Lipinski definition) is 2. The lowest BCUT2D eigenvalue weighted by Gasteiger charge is -2.15. The summed E-state index contributed by atoms with van der Waals surface area (Å²) in [4.78, 5) is 24.8. The Morgan fingerprint density at radius 2 is 1.93 bits per heavy atom. The monoisotopic (exact) mass is 267 g/mol. The molecule has 4 heteroatoms. The average Bonchev–Trinajstić information content (AvgIpc) is 2.51. The molecule has 0 aromatic heterocycles. The standard InChI is InChI=1S/C11H10BrNO2/c12-6-3-7-13-9-5-2-1-4-8(9)10(14)11(13)15/h1-2,4-5H,3,6-7H2. The minimum Gasteiger partial charge on any atom is -0.305 e. The fraction of sp³-hybridized carbons (Fsp3) is 0.273. The third kappa shape index (κ3) is 1.69. The number of benzene rings is 1. The van der Waals surface area contributed by atoms with Crippen LogP contribution in [0.1, 0.15) is 16.8 Å². The molecule has 15 heavy (non-hydrogen) atoms. The molecule has 78 valence electrons. The van der Waals surface area contributed by atoms with Gasteiger partial charge < -0.3 is 4.90 Å². The van der Waals surface area contributed by atoms with Crippen molar-refractivity contribution < 1.29 is 9.59 Å². The van der Waals surface area contributed by atoms with Crippen molar-refractivity contribution in [2.24, 2.45) is 0 Å². The van der Waals surface area contributed by atoms with E-state index in [1.807, 2.05) is 12.1 Å². The zero-order valence-electron chi connectivity index (χ0n) is 8.07. The summed E-state index contributed by atoms with van der Waals surface area (Å²) in [5, 5.41) is 0.827. The van der Waals surface area contributed by atoms with Gasteiger partial charge in [0.05, 0.1) is 11.3 Å². The van der Waals surface area contributed by atoms with Gasteiger partial charge in [-0.2, -0.15) is 0 Å². The average molecular weight is 268 g/mol. The Morgan fingerprint density at radius 1 is 1.20 bits per heavy atom. The van der Waals surface area contributed by atoms with E-state index in [9.17, 15) is 9.59 Å². The van der Waals surface area contributed by atoms with Crippen LogP contribution in [0.2, 0.25) is 0 Å². The Bertz CT molecular complexity index is 417. The molecule has 0 bridgehead atoms. The smallest absolute Gasteiger partial charge is 0.299 e. The van der Waals surface area contributed by atoms with Gasteiger partial charge in [0, 0.05) is 11.9 Å². The molecular formula is C11H10BrNO2. The van der Waals surface area contributed by atoms with Gasteiger partial charge in [-0.3, -0.25) is 9.59 Å². The maximum atomic E-state index is 11.6. The topological polar surface area (TPSA) is 37.4 Å². The first kappa shape index (κ1) is 10.4.